The summed E-state index contributed by atoms with van der Waals surface area (Å²) in [5, 5.41) is 21.0. The van der Waals surface area contributed by atoms with Gasteiger partial charge < -0.3 is 10.0 Å². The standard InChI is InChI=1S/C13H16BFN2O2S/c1-9-16-12(8-20-9)7-17(2)6-10-3-4-11(14(18)19)5-13(10)15/h3-5,8,18-19H,6-7H2,1-2H3. The minimum Gasteiger partial charge on any atom is -0.423 e. The molecule has 0 saturated heterocycles. The van der Waals surface area contributed by atoms with E-state index in [4.69, 9.17) is 10.0 Å². The van der Waals surface area contributed by atoms with E-state index < -0.39 is 12.9 Å². The number of thiazole rings is 1. The summed E-state index contributed by atoms with van der Waals surface area (Å²) in [4.78, 5) is 6.33. The molecule has 7 heteroatoms. The second-order valence-corrected chi connectivity index (χ2v) is 5.82. The maximum absolute atomic E-state index is 13.9. The molecule has 0 fully saturated rings. The predicted octanol–water partition coefficient (Wildman–Crippen LogP) is 0.902. The normalized spacial score (nSPS) is 11.1. The van der Waals surface area contributed by atoms with Crippen LogP contribution in [0.3, 0.4) is 0 Å². The molecule has 20 heavy (non-hydrogen) atoms. The van der Waals surface area contributed by atoms with E-state index >= 15 is 0 Å². The van der Waals surface area contributed by atoms with Gasteiger partial charge in [0, 0.05) is 24.0 Å². The van der Waals surface area contributed by atoms with Crippen LogP contribution in [0.25, 0.3) is 0 Å². The minimum atomic E-state index is -1.64. The van der Waals surface area contributed by atoms with Gasteiger partial charge in [-0.3, -0.25) is 4.90 Å². The van der Waals surface area contributed by atoms with E-state index in [0.717, 1.165) is 16.8 Å². The average molecular weight is 294 g/mol. The Hall–Kier alpha value is -1.28. The van der Waals surface area contributed by atoms with Crippen LogP contribution in [0.1, 0.15) is 16.3 Å². The van der Waals surface area contributed by atoms with Gasteiger partial charge in [0.25, 0.3) is 0 Å². The Bertz CT molecular complexity index is 592. The molecule has 4 nitrogen and oxygen atoms in total. The zero-order valence-corrected chi connectivity index (χ0v) is 12.2. The smallest absolute Gasteiger partial charge is 0.423 e. The zero-order valence-electron chi connectivity index (χ0n) is 11.4. The number of aromatic nitrogens is 1. The highest BCUT2D eigenvalue weighted by Gasteiger charge is 2.14. The van der Waals surface area contributed by atoms with Crippen molar-refractivity contribution in [3.63, 3.8) is 0 Å². The van der Waals surface area contributed by atoms with Gasteiger partial charge in [0.05, 0.1) is 10.7 Å². The zero-order chi connectivity index (χ0) is 14.7. The molecule has 0 aliphatic heterocycles. The maximum atomic E-state index is 13.9. The lowest BCUT2D eigenvalue weighted by Gasteiger charge is -2.16. The summed E-state index contributed by atoms with van der Waals surface area (Å²) in [7, 11) is 0.248. The summed E-state index contributed by atoms with van der Waals surface area (Å²) in [6.07, 6.45) is 0. The number of nitrogens with zero attached hydrogens (tertiary/aromatic N) is 2. The lowest BCUT2D eigenvalue weighted by atomic mass is 9.80. The minimum absolute atomic E-state index is 0.157. The molecule has 1 aromatic heterocycles. The van der Waals surface area contributed by atoms with Crippen molar-refractivity contribution >= 4 is 23.9 Å². The molecule has 0 amide bonds. The van der Waals surface area contributed by atoms with Crippen molar-refractivity contribution in [2.45, 2.75) is 20.0 Å². The Labute approximate surface area is 121 Å². The number of rotatable bonds is 5. The topological polar surface area (TPSA) is 56.6 Å². The Morgan fingerprint density at radius 1 is 1.35 bits per heavy atom. The molecule has 0 atom stereocenters. The molecule has 2 rings (SSSR count). The fourth-order valence-corrected chi connectivity index (χ4v) is 2.56. The summed E-state index contributed by atoms with van der Waals surface area (Å²) in [6.45, 7) is 3.03. The van der Waals surface area contributed by atoms with Crippen LogP contribution in [0.5, 0.6) is 0 Å². The van der Waals surface area contributed by atoms with Gasteiger partial charge >= 0.3 is 7.12 Å². The summed E-state index contributed by atoms with van der Waals surface area (Å²) in [6, 6.07) is 4.25. The molecule has 2 aromatic rings. The molecule has 1 heterocycles. The summed E-state index contributed by atoms with van der Waals surface area (Å²) in [5.41, 5.74) is 1.64. The Morgan fingerprint density at radius 2 is 2.10 bits per heavy atom. The number of aryl methyl sites for hydroxylation is 1. The molecule has 106 valence electrons. The van der Waals surface area contributed by atoms with Gasteiger partial charge in [-0.05, 0) is 25.5 Å². The fourth-order valence-electron chi connectivity index (χ4n) is 1.96. The maximum Gasteiger partial charge on any atom is 0.488 e. The van der Waals surface area contributed by atoms with Crippen LogP contribution in [0.2, 0.25) is 0 Å². The lowest BCUT2D eigenvalue weighted by molar-refractivity contribution is 0.310. The van der Waals surface area contributed by atoms with Crippen LogP contribution < -0.4 is 5.46 Å². The molecule has 0 saturated carbocycles. The third-order valence-corrected chi connectivity index (χ3v) is 3.74. The van der Waals surface area contributed by atoms with Gasteiger partial charge in [-0.2, -0.15) is 0 Å². The van der Waals surface area contributed by atoms with Crippen LogP contribution in [-0.2, 0) is 13.1 Å². The van der Waals surface area contributed by atoms with Crippen molar-refractivity contribution < 1.29 is 14.4 Å². The van der Waals surface area contributed by atoms with Crippen LogP contribution in [0.4, 0.5) is 4.39 Å². The number of benzene rings is 1. The molecule has 0 bridgehead atoms. The van der Waals surface area contributed by atoms with Gasteiger partial charge in [0.15, 0.2) is 0 Å². The van der Waals surface area contributed by atoms with Gasteiger partial charge in [-0.1, -0.05) is 12.1 Å². The SMILES string of the molecule is Cc1nc(CN(C)Cc2ccc(B(O)O)cc2F)cs1. The monoisotopic (exact) mass is 294 g/mol. The first-order valence-electron chi connectivity index (χ1n) is 6.19. The van der Waals surface area contributed by atoms with Gasteiger partial charge in [0.1, 0.15) is 5.82 Å². The van der Waals surface area contributed by atoms with Crippen molar-refractivity contribution in [1.82, 2.24) is 9.88 Å². The number of hydrogen-bond acceptors (Lipinski definition) is 5. The average Bonchev–Trinajstić information content (AvgIpc) is 2.77. The predicted molar refractivity (Wildman–Crippen MR) is 78.2 cm³/mol. The van der Waals surface area contributed by atoms with E-state index in [1.807, 2.05) is 24.3 Å². The van der Waals surface area contributed by atoms with Crippen molar-refractivity contribution in [2.75, 3.05) is 7.05 Å². The van der Waals surface area contributed by atoms with Crippen LogP contribution in [0.15, 0.2) is 23.6 Å². The van der Waals surface area contributed by atoms with E-state index in [1.54, 1.807) is 17.4 Å². The molecule has 0 aliphatic rings. The molecule has 0 radical (unpaired) electrons. The summed E-state index contributed by atoms with van der Waals surface area (Å²) in [5.74, 6) is -0.433. The quantitative estimate of drug-likeness (QED) is 0.805. The number of halogens is 1. The summed E-state index contributed by atoms with van der Waals surface area (Å²) < 4.78 is 13.9. The fraction of sp³-hybridized carbons (Fsp3) is 0.308. The van der Waals surface area contributed by atoms with Gasteiger partial charge in [-0.25, -0.2) is 9.37 Å². The third kappa shape index (κ3) is 3.86. The van der Waals surface area contributed by atoms with E-state index in [9.17, 15) is 4.39 Å². The molecular formula is C13H16BFN2O2S. The Morgan fingerprint density at radius 3 is 2.65 bits per heavy atom. The van der Waals surface area contributed by atoms with E-state index in [0.29, 0.717) is 18.7 Å². The molecule has 0 spiro atoms. The first-order valence-corrected chi connectivity index (χ1v) is 7.07. The molecule has 0 aliphatic carbocycles. The molecule has 2 N–H and O–H groups in total. The van der Waals surface area contributed by atoms with E-state index in [-0.39, 0.29) is 5.46 Å². The van der Waals surface area contributed by atoms with Crippen molar-refractivity contribution in [2.24, 2.45) is 0 Å². The Kier molecular flexibility index (Phi) is 4.88. The Balaban J connectivity index is 2.02. The highest BCUT2D eigenvalue weighted by molar-refractivity contribution is 7.09. The molecule has 1 aromatic carbocycles. The van der Waals surface area contributed by atoms with Gasteiger partial charge in [0.2, 0.25) is 0 Å². The first kappa shape index (κ1) is 15.1. The number of hydrogen-bond donors (Lipinski definition) is 2. The van der Waals surface area contributed by atoms with Crippen molar-refractivity contribution in [1.29, 1.82) is 0 Å². The highest BCUT2D eigenvalue weighted by atomic mass is 32.1. The van der Waals surface area contributed by atoms with Crippen LogP contribution >= 0.6 is 11.3 Å². The van der Waals surface area contributed by atoms with E-state index in [2.05, 4.69) is 4.98 Å². The summed E-state index contributed by atoms with van der Waals surface area (Å²) >= 11 is 1.59. The largest absolute Gasteiger partial charge is 0.488 e. The highest BCUT2D eigenvalue weighted by Crippen LogP contribution is 2.13. The molecular weight excluding hydrogens is 278 g/mol. The van der Waals surface area contributed by atoms with Gasteiger partial charge in [-0.15, -0.1) is 11.3 Å². The third-order valence-electron chi connectivity index (χ3n) is 2.91. The molecule has 0 unspecified atom stereocenters. The van der Waals surface area contributed by atoms with E-state index in [1.165, 1.54) is 6.07 Å². The first-order chi connectivity index (χ1) is 9.45. The van der Waals surface area contributed by atoms with Crippen molar-refractivity contribution in [3.8, 4) is 0 Å². The second kappa shape index (κ2) is 6.45. The van der Waals surface area contributed by atoms with Crippen molar-refractivity contribution in [3.05, 3.63) is 45.7 Å². The van der Waals surface area contributed by atoms with Crippen LogP contribution in [0, 0.1) is 12.7 Å². The lowest BCUT2D eigenvalue weighted by Crippen LogP contribution is -2.30. The second-order valence-electron chi connectivity index (χ2n) is 4.75. The van der Waals surface area contributed by atoms with Crippen LogP contribution in [-0.4, -0.2) is 34.1 Å².